The van der Waals surface area contributed by atoms with Crippen LogP contribution in [-0.4, -0.2) is 73.4 Å². The molecule has 1 aliphatic rings. The van der Waals surface area contributed by atoms with Gasteiger partial charge in [-0.25, -0.2) is 4.79 Å². The molecule has 3 rings (SSSR count). The molecule has 9 heteroatoms. The highest BCUT2D eigenvalue weighted by Gasteiger charge is 2.45. The van der Waals surface area contributed by atoms with E-state index in [9.17, 15) is 35.4 Å². The predicted molar refractivity (Wildman–Crippen MR) is 101 cm³/mol. The van der Waals surface area contributed by atoms with E-state index in [1.54, 1.807) is 6.07 Å². The van der Waals surface area contributed by atoms with Gasteiger partial charge in [-0.15, -0.1) is 0 Å². The highest BCUT2D eigenvalue weighted by Crippen LogP contribution is 2.36. The number of benzene rings is 1. The van der Waals surface area contributed by atoms with Crippen LogP contribution in [-0.2, 0) is 11.2 Å². The zero-order chi connectivity index (χ0) is 21.5. The molecule has 1 saturated heterocycles. The number of ether oxygens (including phenoxy) is 1. The average molecular weight is 410 g/mol. The van der Waals surface area contributed by atoms with Gasteiger partial charge in [-0.3, -0.25) is 0 Å². The molecule has 160 valence electrons. The molecule has 0 saturated carbocycles. The fraction of sp³-hybridized carbons (Fsp3) is 0.550. The molecule has 0 bridgehead atoms. The molecule has 0 radical (unpaired) electrons. The number of fused-ring (bicyclic) bond motifs is 1. The number of aliphatic hydroxyl groups excluding tert-OH is 5. The quantitative estimate of drug-likeness (QED) is 0.339. The molecule has 2 unspecified atom stereocenters. The van der Waals surface area contributed by atoms with Crippen molar-refractivity contribution in [1.29, 1.82) is 0 Å². The summed E-state index contributed by atoms with van der Waals surface area (Å²) < 4.78 is 10.8. The maximum Gasteiger partial charge on any atom is 0.336 e. The molecule has 1 fully saturated rings. The van der Waals surface area contributed by atoms with E-state index < -0.39 is 54.5 Å². The van der Waals surface area contributed by atoms with Gasteiger partial charge < -0.3 is 39.8 Å². The Hall–Kier alpha value is -1.85. The van der Waals surface area contributed by atoms with E-state index in [2.05, 4.69) is 0 Å². The van der Waals surface area contributed by atoms with Crippen LogP contribution in [0, 0.1) is 0 Å². The van der Waals surface area contributed by atoms with Crippen LogP contribution in [0.15, 0.2) is 33.5 Å². The lowest BCUT2D eigenvalue weighted by atomic mass is 9.85. The summed E-state index contributed by atoms with van der Waals surface area (Å²) in [6.45, 7) is 2.31. The normalized spacial score (nSPS) is 29.2. The molecule has 1 aliphatic heterocycles. The van der Waals surface area contributed by atoms with Crippen LogP contribution >= 0.6 is 0 Å². The zero-order valence-corrected chi connectivity index (χ0v) is 16.1. The lowest BCUT2D eigenvalue weighted by Crippen LogP contribution is -2.55. The fourth-order valence-electron chi connectivity index (χ4n) is 3.44. The van der Waals surface area contributed by atoms with Gasteiger partial charge in [-0.05, 0) is 43.2 Å². The first-order valence-electron chi connectivity index (χ1n) is 9.30. The Morgan fingerprint density at radius 2 is 1.79 bits per heavy atom. The van der Waals surface area contributed by atoms with Crippen LogP contribution in [0.3, 0.4) is 0 Å². The first kappa shape index (κ1) is 21.8. The molecular formula is C20H26O9. The molecule has 6 atom stereocenters. The van der Waals surface area contributed by atoms with Crippen LogP contribution < -0.4 is 5.63 Å². The molecule has 1 aromatic heterocycles. The summed E-state index contributed by atoms with van der Waals surface area (Å²) >= 11 is 0. The summed E-state index contributed by atoms with van der Waals surface area (Å²) in [5.41, 5.74) is -1.02. The van der Waals surface area contributed by atoms with Crippen molar-refractivity contribution in [2.45, 2.75) is 62.5 Å². The standard InChI is InChI=1S/C20H26O9/c1-20(2,27)14(22)6-10-5-9-3-4-15(23)28-12(9)7-11(10)19-18(26)17(25)16(24)13(8-21)29-19/h3-5,7,13-14,16-19,21-22,24-27H,6,8H2,1-2H3/t13-,14?,16-,17+,18-,19?/m1/s1. The minimum atomic E-state index is -1.59. The summed E-state index contributed by atoms with van der Waals surface area (Å²) in [5, 5.41) is 61.1. The van der Waals surface area contributed by atoms with Crippen molar-refractivity contribution >= 4 is 11.0 Å². The SMILES string of the molecule is CC(C)(O)C(O)Cc1cc2ccc(=O)oc2cc1C1O[C@H](CO)[C@@H](O)[C@H](O)[C@H]1O. The van der Waals surface area contributed by atoms with Crippen molar-refractivity contribution in [2.75, 3.05) is 6.61 Å². The van der Waals surface area contributed by atoms with Crippen LogP contribution in [0.4, 0.5) is 0 Å². The maximum atomic E-state index is 11.6. The molecule has 0 amide bonds. The second kappa shape index (κ2) is 8.11. The number of rotatable bonds is 5. The molecule has 1 aromatic carbocycles. The van der Waals surface area contributed by atoms with Crippen LogP contribution in [0.1, 0.15) is 31.1 Å². The van der Waals surface area contributed by atoms with Gasteiger partial charge in [0.2, 0.25) is 0 Å². The molecule has 0 spiro atoms. The molecular weight excluding hydrogens is 384 g/mol. The summed E-state index contributed by atoms with van der Waals surface area (Å²) in [5.74, 6) is 0. The molecule has 0 aliphatic carbocycles. The third kappa shape index (κ3) is 4.36. The van der Waals surface area contributed by atoms with E-state index in [1.165, 1.54) is 32.0 Å². The molecule has 2 heterocycles. The lowest BCUT2D eigenvalue weighted by Gasteiger charge is -2.41. The Morgan fingerprint density at radius 3 is 2.41 bits per heavy atom. The first-order chi connectivity index (χ1) is 13.5. The van der Waals surface area contributed by atoms with Gasteiger partial charge >= 0.3 is 5.63 Å². The van der Waals surface area contributed by atoms with Crippen molar-refractivity contribution in [2.24, 2.45) is 0 Å². The zero-order valence-electron chi connectivity index (χ0n) is 16.1. The van der Waals surface area contributed by atoms with Crippen LogP contribution in [0.2, 0.25) is 0 Å². The van der Waals surface area contributed by atoms with Crippen molar-refractivity contribution in [3.63, 3.8) is 0 Å². The van der Waals surface area contributed by atoms with Gasteiger partial charge in [-0.1, -0.05) is 0 Å². The highest BCUT2D eigenvalue weighted by atomic mass is 16.5. The van der Waals surface area contributed by atoms with Gasteiger partial charge in [0.1, 0.15) is 36.1 Å². The Balaban J connectivity index is 2.12. The lowest BCUT2D eigenvalue weighted by molar-refractivity contribution is -0.231. The first-order valence-corrected chi connectivity index (χ1v) is 9.30. The van der Waals surface area contributed by atoms with Crippen molar-refractivity contribution in [3.05, 3.63) is 45.8 Å². The van der Waals surface area contributed by atoms with Gasteiger partial charge in [0.15, 0.2) is 0 Å². The minimum absolute atomic E-state index is 0.0249. The number of hydrogen-bond acceptors (Lipinski definition) is 9. The van der Waals surface area contributed by atoms with Gasteiger partial charge in [0.25, 0.3) is 0 Å². The molecule has 2 aromatic rings. The summed E-state index contributed by atoms with van der Waals surface area (Å²) in [7, 11) is 0. The fourth-order valence-corrected chi connectivity index (χ4v) is 3.44. The van der Waals surface area contributed by atoms with Crippen LogP contribution in [0.25, 0.3) is 11.0 Å². The van der Waals surface area contributed by atoms with Gasteiger partial charge in [-0.2, -0.15) is 0 Å². The maximum absolute atomic E-state index is 11.6. The van der Waals surface area contributed by atoms with E-state index in [-0.39, 0.29) is 12.0 Å². The highest BCUT2D eigenvalue weighted by molar-refractivity contribution is 5.78. The summed E-state index contributed by atoms with van der Waals surface area (Å²) in [6, 6.07) is 5.87. The Kier molecular flexibility index (Phi) is 6.11. The third-order valence-corrected chi connectivity index (χ3v) is 5.31. The second-order valence-electron chi connectivity index (χ2n) is 7.97. The van der Waals surface area contributed by atoms with E-state index in [0.29, 0.717) is 16.5 Å². The number of aliphatic hydroxyl groups is 6. The Labute approximate surface area is 166 Å². The van der Waals surface area contributed by atoms with E-state index in [1.807, 2.05) is 0 Å². The Morgan fingerprint density at radius 1 is 1.10 bits per heavy atom. The van der Waals surface area contributed by atoms with E-state index in [4.69, 9.17) is 9.15 Å². The van der Waals surface area contributed by atoms with Gasteiger partial charge in [0, 0.05) is 17.9 Å². The Bertz CT molecular complexity index is 914. The van der Waals surface area contributed by atoms with E-state index in [0.717, 1.165) is 0 Å². The summed E-state index contributed by atoms with van der Waals surface area (Å²) in [4.78, 5) is 11.6. The van der Waals surface area contributed by atoms with Crippen molar-refractivity contribution in [3.8, 4) is 0 Å². The summed E-state index contributed by atoms with van der Waals surface area (Å²) in [6.07, 6.45) is -8.14. The van der Waals surface area contributed by atoms with E-state index >= 15 is 0 Å². The predicted octanol–water partition coefficient (Wildman–Crippen LogP) is -1.02. The van der Waals surface area contributed by atoms with Crippen molar-refractivity contribution < 1.29 is 39.8 Å². The second-order valence-corrected chi connectivity index (χ2v) is 7.97. The monoisotopic (exact) mass is 410 g/mol. The molecule has 6 N–H and O–H groups in total. The van der Waals surface area contributed by atoms with Crippen LogP contribution in [0.5, 0.6) is 0 Å². The topological polar surface area (TPSA) is 161 Å². The smallest absolute Gasteiger partial charge is 0.336 e. The largest absolute Gasteiger partial charge is 0.423 e. The van der Waals surface area contributed by atoms with Crippen molar-refractivity contribution in [1.82, 2.24) is 0 Å². The molecule has 9 nitrogen and oxygen atoms in total. The third-order valence-electron chi connectivity index (χ3n) is 5.31. The molecule has 29 heavy (non-hydrogen) atoms. The average Bonchev–Trinajstić information content (AvgIpc) is 2.65. The minimum Gasteiger partial charge on any atom is -0.423 e. The van der Waals surface area contributed by atoms with Gasteiger partial charge in [0.05, 0.1) is 18.3 Å². The number of hydrogen-bond donors (Lipinski definition) is 6.